The molecule has 1 amide bonds. The minimum absolute atomic E-state index is 0.00420. The maximum atomic E-state index is 12.4. The van der Waals surface area contributed by atoms with Gasteiger partial charge >= 0.3 is 0 Å². The first-order chi connectivity index (χ1) is 9.89. The standard InChI is InChI=1S/C15H21NO4S/c1-20-14-5-3-13(4-6-14)15(17)16-9-7-12(8-10-16)11-21(2,18)19/h3-6,12H,7-11H2,1-2H3. The van der Waals surface area contributed by atoms with Crippen molar-refractivity contribution in [1.29, 1.82) is 0 Å². The second-order valence-electron chi connectivity index (χ2n) is 5.56. The first-order valence-corrected chi connectivity index (χ1v) is 9.06. The van der Waals surface area contributed by atoms with Crippen molar-refractivity contribution in [3.05, 3.63) is 29.8 Å². The van der Waals surface area contributed by atoms with Crippen molar-refractivity contribution in [2.24, 2.45) is 5.92 Å². The van der Waals surface area contributed by atoms with Crippen LogP contribution >= 0.6 is 0 Å². The molecule has 0 unspecified atom stereocenters. The Balaban J connectivity index is 1.93. The Morgan fingerprint density at radius 3 is 2.29 bits per heavy atom. The van der Waals surface area contributed by atoms with Gasteiger partial charge in [0.05, 0.1) is 12.9 Å². The molecular weight excluding hydrogens is 290 g/mol. The van der Waals surface area contributed by atoms with Crippen molar-refractivity contribution in [2.75, 3.05) is 32.2 Å². The Kier molecular flexibility index (Phi) is 4.88. The zero-order valence-corrected chi connectivity index (χ0v) is 13.2. The Morgan fingerprint density at radius 2 is 1.81 bits per heavy atom. The van der Waals surface area contributed by atoms with Crippen molar-refractivity contribution >= 4 is 15.7 Å². The van der Waals surface area contributed by atoms with Crippen LogP contribution in [0.15, 0.2) is 24.3 Å². The number of hydrogen-bond donors (Lipinski definition) is 0. The molecule has 1 saturated heterocycles. The fourth-order valence-electron chi connectivity index (χ4n) is 2.65. The lowest BCUT2D eigenvalue weighted by atomic mass is 9.98. The number of rotatable bonds is 4. The van der Waals surface area contributed by atoms with Crippen LogP contribution in [0.2, 0.25) is 0 Å². The van der Waals surface area contributed by atoms with Gasteiger partial charge in [0.2, 0.25) is 0 Å². The lowest BCUT2D eigenvalue weighted by Gasteiger charge is -2.31. The second kappa shape index (κ2) is 6.47. The molecule has 0 aliphatic carbocycles. The van der Waals surface area contributed by atoms with E-state index >= 15 is 0 Å². The molecule has 1 aliphatic heterocycles. The quantitative estimate of drug-likeness (QED) is 0.847. The number of amides is 1. The van der Waals surface area contributed by atoms with Gasteiger partial charge in [-0.3, -0.25) is 4.79 Å². The van der Waals surface area contributed by atoms with Gasteiger partial charge in [-0.15, -0.1) is 0 Å². The van der Waals surface area contributed by atoms with Gasteiger partial charge in [0.1, 0.15) is 15.6 Å². The van der Waals surface area contributed by atoms with Gasteiger partial charge in [0.15, 0.2) is 0 Å². The molecule has 0 radical (unpaired) electrons. The van der Waals surface area contributed by atoms with E-state index in [1.807, 2.05) is 0 Å². The number of ether oxygens (including phenoxy) is 1. The summed E-state index contributed by atoms with van der Waals surface area (Å²) in [5.41, 5.74) is 0.636. The number of nitrogens with zero attached hydrogens (tertiary/aromatic N) is 1. The maximum Gasteiger partial charge on any atom is 0.253 e. The van der Waals surface area contributed by atoms with E-state index in [1.54, 1.807) is 36.3 Å². The molecule has 0 bridgehead atoms. The Labute approximate surface area is 125 Å². The van der Waals surface area contributed by atoms with E-state index in [1.165, 1.54) is 6.26 Å². The van der Waals surface area contributed by atoms with Crippen LogP contribution in [0.5, 0.6) is 5.75 Å². The van der Waals surface area contributed by atoms with Crippen LogP contribution in [0.4, 0.5) is 0 Å². The summed E-state index contributed by atoms with van der Waals surface area (Å²) < 4.78 is 27.7. The number of likely N-dealkylation sites (tertiary alicyclic amines) is 1. The third-order valence-electron chi connectivity index (χ3n) is 3.78. The normalized spacial score (nSPS) is 16.8. The molecular formula is C15H21NO4S. The highest BCUT2D eigenvalue weighted by Gasteiger charge is 2.25. The summed E-state index contributed by atoms with van der Waals surface area (Å²) in [5, 5.41) is 0. The summed E-state index contributed by atoms with van der Waals surface area (Å²) in [6.07, 6.45) is 2.76. The molecule has 1 fully saturated rings. The van der Waals surface area contributed by atoms with Gasteiger partial charge in [-0.25, -0.2) is 8.42 Å². The largest absolute Gasteiger partial charge is 0.497 e. The summed E-state index contributed by atoms with van der Waals surface area (Å²) in [5.74, 6) is 1.10. The highest BCUT2D eigenvalue weighted by molar-refractivity contribution is 7.90. The number of piperidine rings is 1. The Bertz CT molecular complexity index is 587. The zero-order valence-electron chi connectivity index (χ0n) is 12.4. The van der Waals surface area contributed by atoms with Crippen LogP contribution in [-0.4, -0.2) is 51.4 Å². The molecule has 5 nitrogen and oxygen atoms in total. The molecule has 1 aliphatic rings. The Hall–Kier alpha value is -1.56. The average Bonchev–Trinajstić information content (AvgIpc) is 2.46. The number of sulfone groups is 1. The molecule has 0 saturated carbocycles. The SMILES string of the molecule is COc1ccc(C(=O)N2CCC(CS(C)(=O)=O)CC2)cc1. The van der Waals surface area contributed by atoms with E-state index in [0.717, 1.165) is 18.6 Å². The van der Waals surface area contributed by atoms with Crippen molar-refractivity contribution < 1.29 is 17.9 Å². The van der Waals surface area contributed by atoms with Crippen LogP contribution in [0, 0.1) is 5.92 Å². The van der Waals surface area contributed by atoms with Gasteiger partial charge in [-0.1, -0.05) is 0 Å². The number of carbonyl (C=O) groups is 1. The van der Waals surface area contributed by atoms with Gasteiger partial charge in [-0.2, -0.15) is 0 Å². The predicted octanol–water partition coefficient (Wildman–Crippen LogP) is 1.59. The number of benzene rings is 1. The van der Waals surface area contributed by atoms with Crippen LogP contribution in [-0.2, 0) is 9.84 Å². The summed E-state index contributed by atoms with van der Waals surface area (Å²) in [7, 11) is -1.35. The molecule has 1 aromatic carbocycles. The lowest BCUT2D eigenvalue weighted by molar-refractivity contribution is 0.0698. The number of carbonyl (C=O) groups excluding carboxylic acids is 1. The first-order valence-electron chi connectivity index (χ1n) is 7.00. The Morgan fingerprint density at radius 1 is 1.24 bits per heavy atom. The molecule has 116 valence electrons. The van der Waals surface area contributed by atoms with E-state index in [-0.39, 0.29) is 17.6 Å². The molecule has 0 aromatic heterocycles. The molecule has 0 spiro atoms. The highest BCUT2D eigenvalue weighted by Crippen LogP contribution is 2.21. The van der Waals surface area contributed by atoms with E-state index in [0.29, 0.717) is 18.7 Å². The molecule has 21 heavy (non-hydrogen) atoms. The molecule has 6 heteroatoms. The summed E-state index contributed by atoms with van der Waals surface area (Å²) in [6, 6.07) is 7.04. The summed E-state index contributed by atoms with van der Waals surface area (Å²) >= 11 is 0. The first kappa shape index (κ1) is 15.8. The van der Waals surface area contributed by atoms with Crippen LogP contribution in [0.25, 0.3) is 0 Å². The van der Waals surface area contributed by atoms with E-state index < -0.39 is 9.84 Å². The fraction of sp³-hybridized carbons (Fsp3) is 0.533. The van der Waals surface area contributed by atoms with E-state index in [2.05, 4.69) is 0 Å². The van der Waals surface area contributed by atoms with Crippen molar-refractivity contribution in [3.8, 4) is 5.75 Å². The molecule has 1 aromatic rings. The highest BCUT2D eigenvalue weighted by atomic mass is 32.2. The third-order valence-corrected chi connectivity index (χ3v) is 4.85. The fourth-order valence-corrected chi connectivity index (χ4v) is 3.84. The van der Waals surface area contributed by atoms with Crippen LogP contribution in [0.1, 0.15) is 23.2 Å². The zero-order chi connectivity index (χ0) is 15.5. The third kappa shape index (κ3) is 4.46. The van der Waals surface area contributed by atoms with Gasteiger partial charge in [0, 0.05) is 24.9 Å². The second-order valence-corrected chi connectivity index (χ2v) is 7.74. The van der Waals surface area contributed by atoms with Gasteiger partial charge < -0.3 is 9.64 Å². The lowest BCUT2D eigenvalue weighted by Crippen LogP contribution is -2.39. The predicted molar refractivity (Wildman–Crippen MR) is 81.3 cm³/mol. The average molecular weight is 311 g/mol. The van der Waals surface area contributed by atoms with Crippen LogP contribution < -0.4 is 4.74 Å². The van der Waals surface area contributed by atoms with Crippen molar-refractivity contribution in [1.82, 2.24) is 4.90 Å². The summed E-state index contributed by atoms with van der Waals surface area (Å²) in [6.45, 7) is 1.23. The molecule has 0 atom stereocenters. The molecule has 0 N–H and O–H groups in total. The minimum atomic E-state index is -2.94. The summed E-state index contributed by atoms with van der Waals surface area (Å²) in [4.78, 5) is 14.2. The topological polar surface area (TPSA) is 63.7 Å². The van der Waals surface area contributed by atoms with Gasteiger partial charge in [-0.05, 0) is 43.0 Å². The van der Waals surface area contributed by atoms with E-state index in [4.69, 9.17) is 4.74 Å². The number of hydrogen-bond acceptors (Lipinski definition) is 4. The maximum absolute atomic E-state index is 12.4. The smallest absolute Gasteiger partial charge is 0.253 e. The number of methoxy groups -OCH3 is 1. The van der Waals surface area contributed by atoms with Crippen LogP contribution in [0.3, 0.4) is 0 Å². The van der Waals surface area contributed by atoms with Gasteiger partial charge in [0.25, 0.3) is 5.91 Å². The van der Waals surface area contributed by atoms with Crippen molar-refractivity contribution in [3.63, 3.8) is 0 Å². The molecule has 2 rings (SSSR count). The van der Waals surface area contributed by atoms with Crippen molar-refractivity contribution in [2.45, 2.75) is 12.8 Å². The van der Waals surface area contributed by atoms with E-state index in [9.17, 15) is 13.2 Å². The monoisotopic (exact) mass is 311 g/mol. The molecule has 1 heterocycles. The minimum Gasteiger partial charge on any atom is -0.497 e.